The highest BCUT2D eigenvalue weighted by Crippen LogP contribution is 2.30. The van der Waals surface area contributed by atoms with E-state index in [0.29, 0.717) is 12.1 Å². The molecule has 0 aromatic heterocycles. The van der Waals surface area contributed by atoms with Crippen LogP contribution < -0.4 is 14.8 Å². The highest BCUT2D eigenvalue weighted by atomic mass is 32.1. The van der Waals surface area contributed by atoms with Crippen LogP contribution in [0.15, 0.2) is 18.2 Å². The number of nitrogens with one attached hydrogen (secondary N) is 1. The quantitative estimate of drug-likeness (QED) is 0.862. The fourth-order valence-electron chi connectivity index (χ4n) is 2.91. The van der Waals surface area contributed by atoms with Gasteiger partial charge in [-0.25, -0.2) is 0 Å². The molecular formula is C16H24N2O2S. The van der Waals surface area contributed by atoms with Crippen LogP contribution in [-0.2, 0) is 0 Å². The van der Waals surface area contributed by atoms with Crippen LogP contribution in [0.2, 0.25) is 0 Å². The summed E-state index contributed by atoms with van der Waals surface area (Å²) in [7, 11) is 3.31. The summed E-state index contributed by atoms with van der Waals surface area (Å²) in [5.41, 5.74) is 0.840. The third-order valence-electron chi connectivity index (χ3n) is 4.08. The molecule has 1 saturated heterocycles. The lowest BCUT2D eigenvalue weighted by Gasteiger charge is -2.41. The van der Waals surface area contributed by atoms with Gasteiger partial charge in [-0.2, -0.15) is 0 Å². The summed E-state index contributed by atoms with van der Waals surface area (Å²) in [4.78, 5) is 2.29. The molecule has 1 fully saturated rings. The van der Waals surface area contributed by atoms with Crippen LogP contribution >= 0.6 is 12.2 Å². The van der Waals surface area contributed by atoms with Gasteiger partial charge in [-0.3, -0.25) is 0 Å². The Bertz CT molecular complexity index is 497. The molecule has 0 bridgehead atoms. The van der Waals surface area contributed by atoms with Crippen molar-refractivity contribution in [2.45, 2.75) is 45.2 Å². The molecular weight excluding hydrogens is 284 g/mol. The van der Waals surface area contributed by atoms with E-state index in [1.165, 1.54) is 19.3 Å². The van der Waals surface area contributed by atoms with Gasteiger partial charge in [-0.1, -0.05) is 0 Å². The minimum absolute atomic E-state index is 0.463. The zero-order chi connectivity index (χ0) is 15.4. The standard InChI is InChI=1S/C16H24N2O2S/c1-11-6-5-7-12(2)18(11)16(21)17-14-10-13(19-3)8-9-15(14)20-4/h8-12H,5-7H2,1-4H3,(H,17,21). The van der Waals surface area contributed by atoms with E-state index in [2.05, 4.69) is 24.1 Å². The Morgan fingerprint density at radius 3 is 2.43 bits per heavy atom. The van der Waals surface area contributed by atoms with E-state index in [4.69, 9.17) is 21.7 Å². The van der Waals surface area contributed by atoms with E-state index >= 15 is 0 Å². The van der Waals surface area contributed by atoms with Gasteiger partial charge in [-0.05, 0) is 57.5 Å². The molecule has 1 N–H and O–H groups in total. The molecule has 2 atom stereocenters. The molecule has 0 aliphatic carbocycles. The summed E-state index contributed by atoms with van der Waals surface area (Å²) < 4.78 is 10.7. The third kappa shape index (κ3) is 3.59. The summed E-state index contributed by atoms with van der Waals surface area (Å²) in [6.45, 7) is 4.46. The molecule has 21 heavy (non-hydrogen) atoms. The van der Waals surface area contributed by atoms with E-state index < -0.39 is 0 Å². The van der Waals surface area contributed by atoms with Crippen molar-refractivity contribution in [3.63, 3.8) is 0 Å². The molecule has 2 rings (SSSR count). The Morgan fingerprint density at radius 2 is 1.86 bits per heavy atom. The van der Waals surface area contributed by atoms with Gasteiger partial charge in [-0.15, -0.1) is 0 Å². The van der Waals surface area contributed by atoms with Crippen molar-refractivity contribution in [2.24, 2.45) is 0 Å². The Balaban J connectivity index is 2.18. The zero-order valence-corrected chi connectivity index (χ0v) is 14.0. The average molecular weight is 308 g/mol. The van der Waals surface area contributed by atoms with Crippen LogP contribution in [0.4, 0.5) is 5.69 Å². The number of thiocarbonyl (C=S) groups is 1. The number of nitrogens with zero attached hydrogens (tertiary/aromatic N) is 1. The van der Waals surface area contributed by atoms with Crippen LogP contribution in [0.25, 0.3) is 0 Å². The number of ether oxygens (including phenoxy) is 2. The normalized spacial score (nSPS) is 21.8. The molecule has 2 unspecified atom stereocenters. The fraction of sp³-hybridized carbons (Fsp3) is 0.562. The van der Waals surface area contributed by atoms with Crippen LogP contribution in [0.3, 0.4) is 0 Å². The minimum atomic E-state index is 0.463. The first kappa shape index (κ1) is 15.9. The molecule has 116 valence electrons. The number of methoxy groups -OCH3 is 2. The van der Waals surface area contributed by atoms with Gasteiger partial charge < -0.3 is 19.7 Å². The van der Waals surface area contributed by atoms with Crippen molar-refractivity contribution < 1.29 is 9.47 Å². The summed E-state index contributed by atoms with van der Waals surface area (Å²) in [6, 6.07) is 6.59. The number of anilines is 1. The molecule has 5 heteroatoms. The second-order valence-corrected chi connectivity index (χ2v) is 5.92. The summed E-state index contributed by atoms with van der Waals surface area (Å²) in [5.74, 6) is 1.54. The van der Waals surface area contributed by atoms with Crippen molar-refractivity contribution in [1.82, 2.24) is 4.90 Å². The van der Waals surface area contributed by atoms with E-state index in [1.807, 2.05) is 18.2 Å². The fourth-order valence-corrected chi connectivity index (χ4v) is 3.38. The molecule has 1 aromatic carbocycles. The lowest BCUT2D eigenvalue weighted by Crippen LogP contribution is -2.49. The van der Waals surface area contributed by atoms with Gasteiger partial charge in [0.1, 0.15) is 11.5 Å². The number of benzene rings is 1. The molecule has 1 heterocycles. The molecule has 0 radical (unpaired) electrons. The van der Waals surface area contributed by atoms with Crippen molar-refractivity contribution >= 4 is 23.0 Å². The Morgan fingerprint density at radius 1 is 1.19 bits per heavy atom. The van der Waals surface area contributed by atoms with Gasteiger partial charge in [0.25, 0.3) is 0 Å². The maximum atomic E-state index is 5.62. The second-order valence-electron chi connectivity index (χ2n) is 5.53. The monoisotopic (exact) mass is 308 g/mol. The molecule has 0 spiro atoms. The summed E-state index contributed by atoms with van der Waals surface area (Å²) in [6.07, 6.45) is 3.63. The number of piperidine rings is 1. The van der Waals surface area contributed by atoms with Crippen molar-refractivity contribution in [2.75, 3.05) is 19.5 Å². The minimum Gasteiger partial charge on any atom is -0.497 e. The van der Waals surface area contributed by atoms with Gasteiger partial charge in [0.15, 0.2) is 5.11 Å². The molecule has 0 saturated carbocycles. The number of hydrogen-bond donors (Lipinski definition) is 1. The Hall–Kier alpha value is -1.49. The maximum Gasteiger partial charge on any atom is 0.174 e. The topological polar surface area (TPSA) is 33.7 Å². The third-order valence-corrected chi connectivity index (χ3v) is 4.39. The maximum absolute atomic E-state index is 5.62. The van der Waals surface area contributed by atoms with Crippen molar-refractivity contribution in [3.8, 4) is 11.5 Å². The van der Waals surface area contributed by atoms with E-state index in [-0.39, 0.29) is 0 Å². The van der Waals surface area contributed by atoms with Crippen LogP contribution in [0, 0.1) is 0 Å². The van der Waals surface area contributed by atoms with Gasteiger partial charge in [0.05, 0.1) is 19.9 Å². The number of hydrogen-bond acceptors (Lipinski definition) is 3. The lowest BCUT2D eigenvalue weighted by molar-refractivity contribution is 0.194. The highest BCUT2D eigenvalue weighted by Gasteiger charge is 2.27. The smallest absolute Gasteiger partial charge is 0.174 e. The predicted molar refractivity (Wildman–Crippen MR) is 90.4 cm³/mol. The van der Waals surface area contributed by atoms with Gasteiger partial charge >= 0.3 is 0 Å². The molecule has 1 aliphatic rings. The Kier molecular flexibility index (Phi) is 5.28. The first-order chi connectivity index (χ1) is 10.1. The number of likely N-dealkylation sites (tertiary alicyclic amines) is 1. The molecule has 4 nitrogen and oxygen atoms in total. The highest BCUT2D eigenvalue weighted by molar-refractivity contribution is 7.80. The van der Waals surface area contributed by atoms with Crippen molar-refractivity contribution in [1.29, 1.82) is 0 Å². The zero-order valence-electron chi connectivity index (χ0n) is 13.2. The van der Waals surface area contributed by atoms with Gasteiger partial charge in [0, 0.05) is 18.2 Å². The summed E-state index contributed by atoms with van der Waals surface area (Å²) >= 11 is 5.62. The van der Waals surface area contributed by atoms with E-state index in [1.54, 1.807) is 14.2 Å². The Labute approximate surface area is 132 Å². The van der Waals surface area contributed by atoms with Crippen LogP contribution in [0.1, 0.15) is 33.1 Å². The van der Waals surface area contributed by atoms with E-state index in [0.717, 1.165) is 22.3 Å². The van der Waals surface area contributed by atoms with Gasteiger partial charge in [0.2, 0.25) is 0 Å². The molecule has 1 aliphatic heterocycles. The predicted octanol–water partition coefficient (Wildman–Crippen LogP) is 3.66. The lowest BCUT2D eigenvalue weighted by atomic mass is 9.98. The van der Waals surface area contributed by atoms with E-state index in [9.17, 15) is 0 Å². The van der Waals surface area contributed by atoms with Crippen molar-refractivity contribution in [3.05, 3.63) is 18.2 Å². The largest absolute Gasteiger partial charge is 0.497 e. The summed E-state index contributed by atoms with van der Waals surface area (Å²) in [5, 5.41) is 4.07. The van der Waals surface area contributed by atoms with Crippen LogP contribution in [-0.4, -0.2) is 36.3 Å². The average Bonchev–Trinajstić information content (AvgIpc) is 2.47. The molecule has 0 amide bonds. The first-order valence-corrected chi connectivity index (χ1v) is 7.79. The SMILES string of the molecule is COc1ccc(OC)c(NC(=S)N2C(C)CCCC2C)c1. The van der Waals surface area contributed by atoms with Crippen LogP contribution in [0.5, 0.6) is 11.5 Å². The second kappa shape index (κ2) is 6.98. The number of rotatable bonds is 3. The molecule has 1 aromatic rings. The first-order valence-electron chi connectivity index (χ1n) is 7.38.